The van der Waals surface area contributed by atoms with Crippen molar-refractivity contribution in [3.8, 4) is 0 Å². The fourth-order valence-electron chi connectivity index (χ4n) is 2.97. The molecule has 3 rings (SSSR count). The number of nitrogens with zero attached hydrogens (tertiary/aromatic N) is 1. The third-order valence-electron chi connectivity index (χ3n) is 3.93. The number of aryl methyl sites for hydroxylation is 1. The van der Waals surface area contributed by atoms with E-state index in [1.54, 1.807) is 5.56 Å². The van der Waals surface area contributed by atoms with Crippen molar-refractivity contribution >= 4 is 23.9 Å². The average Bonchev–Trinajstić information content (AvgIpc) is 2.92. The van der Waals surface area contributed by atoms with Crippen LogP contribution in [0.1, 0.15) is 36.5 Å². The van der Waals surface area contributed by atoms with Crippen molar-refractivity contribution in [1.29, 1.82) is 0 Å². The molecule has 1 aromatic rings. The molecule has 1 aliphatic carbocycles. The summed E-state index contributed by atoms with van der Waals surface area (Å²) in [6, 6.07) is 4.47. The van der Waals surface area contributed by atoms with E-state index in [9.17, 15) is 0 Å². The van der Waals surface area contributed by atoms with Crippen molar-refractivity contribution in [3.63, 3.8) is 0 Å². The number of hydrogen-bond donors (Lipinski definition) is 1. The second-order valence-corrected chi connectivity index (χ2v) is 5.46. The van der Waals surface area contributed by atoms with E-state index >= 15 is 0 Å². The van der Waals surface area contributed by atoms with Crippen molar-refractivity contribution in [2.45, 2.75) is 39.5 Å². The third-order valence-corrected chi connectivity index (χ3v) is 3.93. The molecule has 98 valence electrons. The molecule has 0 radical (unpaired) electrons. The highest BCUT2D eigenvalue weighted by molar-refractivity contribution is 5.97. The van der Waals surface area contributed by atoms with Crippen LogP contribution in [-0.2, 0) is 12.8 Å². The average molecular weight is 265 g/mol. The van der Waals surface area contributed by atoms with Crippen LogP contribution in [0.2, 0.25) is 0 Å². The summed E-state index contributed by atoms with van der Waals surface area (Å²) >= 11 is 0. The zero-order valence-electron chi connectivity index (χ0n) is 11.1. The Hall–Kier alpha value is -1.02. The third kappa shape index (κ3) is 2.39. The largest absolute Gasteiger partial charge is 0.344 e. The van der Waals surface area contributed by atoms with Crippen LogP contribution < -0.4 is 5.32 Å². The number of aliphatic imine (C=N–C) groups is 1. The molecule has 0 bridgehead atoms. The fourth-order valence-corrected chi connectivity index (χ4v) is 2.97. The Bertz CT molecular complexity index is 480. The van der Waals surface area contributed by atoms with Gasteiger partial charge in [0.1, 0.15) is 5.84 Å². The predicted molar refractivity (Wildman–Crippen MR) is 80.2 cm³/mol. The maximum atomic E-state index is 4.57. The number of benzene rings is 1. The molecule has 1 unspecified atom stereocenters. The maximum Gasteiger partial charge on any atom is 0.101 e. The van der Waals surface area contributed by atoms with E-state index in [0.717, 1.165) is 13.0 Å². The molecule has 2 nitrogen and oxygen atoms in total. The summed E-state index contributed by atoms with van der Waals surface area (Å²) in [7, 11) is 0. The predicted octanol–water partition coefficient (Wildman–Crippen LogP) is 3.76. The standard InChI is InChI=1S/C15H20N2.ClH/c1-10-8-15(16-9-10)17-14-7-6-11(2)12-4-3-5-13(12)14;/h6-7,10H,3-5,8-9H2,1-2H3,(H,16,17);1H. The number of fused-ring (bicyclic) bond motifs is 1. The Kier molecular flexibility index (Phi) is 3.96. The lowest BCUT2D eigenvalue weighted by molar-refractivity contribution is 0.664. The molecule has 0 amide bonds. The Morgan fingerprint density at radius 1 is 1.22 bits per heavy atom. The molecular weight excluding hydrogens is 244 g/mol. The molecule has 18 heavy (non-hydrogen) atoms. The maximum absolute atomic E-state index is 4.57. The minimum Gasteiger partial charge on any atom is -0.344 e. The first-order valence-electron chi connectivity index (χ1n) is 6.66. The molecule has 0 saturated heterocycles. The van der Waals surface area contributed by atoms with E-state index in [1.165, 1.54) is 41.9 Å². The van der Waals surface area contributed by atoms with Gasteiger partial charge < -0.3 is 5.32 Å². The molecule has 1 aromatic carbocycles. The fraction of sp³-hybridized carbons (Fsp3) is 0.533. The van der Waals surface area contributed by atoms with Gasteiger partial charge in [0.25, 0.3) is 0 Å². The van der Waals surface area contributed by atoms with Crippen molar-refractivity contribution < 1.29 is 0 Å². The summed E-state index contributed by atoms with van der Waals surface area (Å²) in [5.41, 5.74) is 5.86. The molecule has 1 atom stereocenters. The Morgan fingerprint density at radius 3 is 2.72 bits per heavy atom. The van der Waals surface area contributed by atoms with Gasteiger partial charge in [0.15, 0.2) is 0 Å². The van der Waals surface area contributed by atoms with Crippen molar-refractivity contribution in [3.05, 3.63) is 28.8 Å². The Labute approximate surface area is 115 Å². The smallest absolute Gasteiger partial charge is 0.101 e. The van der Waals surface area contributed by atoms with E-state index in [0.29, 0.717) is 5.92 Å². The lowest BCUT2D eigenvalue weighted by Crippen LogP contribution is -2.11. The molecule has 2 aliphatic rings. The quantitative estimate of drug-likeness (QED) is 0.821. The van der Waals surface area contributed by atoms with E-state index in [-0.39, 0.29) is 12.4 Å². The van der Waals surface area contributed by atoms with Crippen LogP contribution in [0.5, 0.6) is 0 Å². The van der Waals surface area contributed by atoms with E-state index < -0.39 is 0 Å². The van der Waals surface area contributed by atoms with E-state index in [2.05, 4.69) is 36.3 Å². The van der Waals surface area contributed by atoms with Gasteiger partial charge in [-0.2, -0.15) is 0 Å². The number of halogens is 1. The second kappa shape index (κ2) is 5.31. The topological polar surface area (TPSA) is 24.4 Å². The summed E-state index contributed by atoms with van der Waals surface area (Å²) in [5, 5.41) is 3.55. The lowest BCUT2D eigenvalue weighted by Gasteiger charge is -2.13. The van der Waals surface area contributed by atoms with Crippen LogP contribution in [0.25, 0.3) is 0 Å². The molecule has 0 saturated carbocycles. The minimum absolute atomic E-state index is 0. The first kappa shape index (κ1) is 13.4. The summed E-state index contributed by atoms with van der Waals surface area (Å²) in [6.07, 6.45) is 4.88. The molecule has 1 aliphatic heterocycles. The molecule has 1 N–H and O–H groups in total. The van der Waals surface area contributed by atoms with Crippen molar-refractivity contribution in [2.24, 2.45) is 10.9 Å². The number of amidine groups is 1. The van der Waals surface area contributed by atoms with Gasteiger partial charge in [-0.1, -0.05) is 13.0 Å². The molecule has 0 spiro atoms. The van der Waals surface area contributed by atoms with E-state index in [4.69, 9.17) is 0 Å². The highest BCUT2D eigenvalue weighted by atomic mass is 35.5. The minimum atomic E-state index is 0. The summed E-state index contributed by atoms with van der Waals surface area (Å²) < 4.78 is 0. The first-order chi connectivity index (χ1) is 8.24. The monoisotopic (exact) mass is 264 g/mol. The Morgan fingerprint density at radius 2 is 2.00 bits per heavy atom. The molecule has 1 heterocycles. The first-order valence-corrected chi connectivity index (χ1v) is 6.66. The van der Waals surface area contributed by atoms with Gasteiger partial charge in [0.05, 0.1) is 0 Å². The van der Waals surface area contributed by atoms with Crippen molar-refractivity contribution in [1.82, 2.24) is 0 Å². The molecule has 3 heteroatoms. The van der Waals surface area contributed by atoms with E-state index in [1.807, 2.05) is 0 Å². The summed E-state index contributed by atoms with van der Waals surface area (Å²) in [4.78, 5) is 4.57. The van der Waals surface area contributed by atoms with Gasteiger partial charge in [-0.25, -0.2) is 0 Å². The van der Waals surface area contributed by atoms with Crippen LogP contribution in [-0.4, -0.2) is 12.4 Å². The van der Waals surface area contributed by atoms with Gasteiger partial charge in [0.2, 0.25) is 0 Å². The SMILES string of the molecule is Cc1ccc(NC2=NCC(C)C2)c2c1CCC2.Cl. The van der Waals surface area contributed by atoms with Gasteiger partial charge in [-0.05, 0) is 54.9 Å². The van der Waals surface area contributed by atoms with Gasteiger partial charge >= 0.3 is 0 Å². The highest BCUT2D eigenvalue weighted by Crippen LogP contribution is 2.32. The zero-order valence-corrected chi connectivity index (χ0v) is 11.9. The highest BCUT2D eigenvalue weighted by Gasteiger charge is 2.19. The lowest BCUT2D eigenvalue weighted by atomic mass is 10.0. The number of anilines is 1. The number of rotatable bonds is 1. The zero-order chi connectivity index (χ0) is 11.8. The molecule has 0 fully saturated rings. The van der Waals surface area contributed by atoms with Crippen LogP contribution in [0.3, 0.4) is 0 Å². The van der Waals surface area contributed by atoms with Crippen LogP contribution in [0.4, 0.5) is 5.69 Å². The van der Waals surface area contributed by atoms with Gasteiger partial charge in [0, 0.05) is 18.7 Å². The second-order valence-electron chi connectivity index (χ2n) is 5.46. The van der Waals surface area contributed by atoms with Crippen LogP contribution >= 0.6 is 12.4 Å². The van der Waals surface area contributed by atoms with Gasteiger partial charge in [-0.15, -0.1) is 12.4 Å². The van der Waals surface area contributed by atoms with Crippen LogP contribution in [0, 0.1) is 12.8 Å². The van der Waals surface area contributed by atoms with Crippen LogP contribution in [0.15, 0.2) is 17.1 Å². The Balaban J connectivity index is 0.00000120. The van der Waals surface area contributed by atoms with Crippen molar-refractivity contribution in [2.75, 3.05) is 11.9 Å². The summed E-state index contributed by atoms with van der Waals surface area (Å²) in [6.45, 7) is 5.47. The number of hydrogen-bond acceptors (Lipinski definition) is 2. The normalized spacial score (nSPS) is 21.2. The number of nitrogens with one attached hydrogen (secondary N) is 1. The summed E-state index contributed by atoms with van der Waals surface area (Å²) in [5.74, 6) is 1.88. The molecular formula is C15H21ClN2. The van der Waals surface area contributed by atoms with Gasteiger partial charge in [-0.3, -0.25) is 4.99 Å². The molecule has 0 aromatic heterocycles.